The molecule has 0 fully saturated rings. The molecule has 19 heavy (non-hydrogen) atoms. The molecule has 0 heterocycles. The lowest BCUT2D eigenvalue weighted by Crippen LogP contribution is -2.46. The van der Waals surface area contributed by atoms with Crippen molar-refractivity contribution >= 4 is 0 Å². The van der Waals surface area contributed by atoms with E-state index in [1.807, 2.05) is 6.07 Å². The summed E-state index contributed by atoms with van der Waals surface area (Å²) < 4.78 is 5.31. The highest BCUT2D eigenvalue weighted by molar-refractivity contribution is 5.38. The van der Waals surface area contributed by atoms with Gasteiger partial charge in [-0.2, -0.15) is 0 Å². The first kappa shape index (κ1) is 14.4. The van der Waals surface area contributed by atoms with Crippen LogP contribution in [-0.2, 0) is 12.8 Å². The Morgan fingerprint density at radius 3 is 2.84 bits per heavy atom. The van der Waals surface area contributed by atoms with Crippen molar-refractivity contribution in [1.29, 1.82) is 0 Å². The monoisotopic (exact) mass is 263 g/mol. The van der Waals surface area contributed by atoms with Crippen molar-refractivity contribution in [3.05, 3.63) is 29.3 Å². The SMILES string of the molecule is CCC(N)C1(CCO)CCc2ccc(OC)cc2C1. The van der Waals surface area contributed by atoms with E-state index < -0.39 is 0 Å². The zero-order valence-corrected chi connectivity index (χ0v) is 12.0. The Morgan fingerprint density at radius 2 is 2.21 bits per heavy atom. The van der Waals surface area contributed by atoms with E-state index in [1.54, 1.807) is 7.11 Å². The fraction of sp³-hybridized carbons (Fsp3) is 0.625. The van der Waals surface area contributed by atoms with E-state index in [0.29, 0.717) is 0 Å². The van der Waals surface area contributed by atoms with E-state index in [9.17, 15) is 5.11 Å². The predicted octanol–water partition coefficient (Wildman–Crippen LogP) is 2.29. The number of fused-ring (bicyclic) bond motifs is 1. The van der Waals surface area contributed by atoms with Gasteiger partial charge in [0.1, 0.15) is 5.75 Å². The molecule has 2 rings (SSSR count). The van der Waals surface area contributed by atoms with Gasteiger partial charge < -0.3 is 15.6 Å². The predicted molar refractivity (Wildman–Crippen MR) is 77.4 cm³/mol. The summed E-state index contributed by atoms with van der Waals surface area (Å²) in [6, 6.07) is 6.47. The zero-order chi connectivity index (χ0) is 13.9. The van der Waals surface area contributed by atoms with Crippen molar-refractivity contribution in [1.82, 2.24) is 0 Å². The van der Waals surface area contributed by atoms with Crippen LogP contribution in [0.5, 0.6) is 5.75 Å². The maximum atomic E-state index is 9.40. The maximum absolute atomic E-state index is 9.40. The van der Waals surface area contributed by atoms with Crippen molar-refractivity contribution in [2.75, 3.05) is 13.7 Å². The molecular formula is C16H25NO2. The smallest absolute Gasteiger partial charge is 0.119 e. The number of nitrogens with two attached hydrogens (primary N) is 1. The fourth-order valence-corrected chi connectivity index (χ4v) is 3.36. The number of benzene rings is 1. The number of hydrogen-bond donors (Lipinski definition) is 2. The van der Waals surface area contributed by atoms with Gasteiger partial charge in [-0.05, 0) is 60.8 Å². The van der Waals surface area contributed by atoms with Crippen LogP contribution >= 0.6 is 0 Å². The first-order chi connectivity index (χ1) is 9.15. The Morgan fingerprint density at radius 1 is 1.42 bits per heavy atom. The molecule has 0 aliphatic heterocycles. The average Bonchev–Trinajstić information content (AvgIpc) is 2.45. The molecule has 0 saturated carbocycles. The molecule has 2 atom stereocenters. The van der Waals surface area contributed by atoms with E-state index in [0.717, 1.165) is 37.9 Å². The molecule has 1 aromatic rings. The second-order valence-corrected chi connectivity index (χ2v) is 5.66. The minimum Gasteiger partial charge on any atom is -0.497 e. The van der Waals surface area contributed by atoms with E-state index in [4.69, 9.17) is 10.5 Å². The Balaban J connectivity index is 2.31. The van der Waals surface area contributed by atoms with Gasteiger partial charge >= 0.3 is 0 Å². The van der Waals surface area contributed by atoms with Crippen molar-refractivity contribution in [2.24, 2.45) is 11.1 Å². The number of aryl methyl sites for hydroxylation is 1. The van der Waals surface area contributed by atoms with Crippen LogP contribution in [0.4, 0.5) is 0 Å². The van der Waals surface area contributed by atoms with Gasteiger partial charge in [-0.15, -0.1) is 0 Å². The molecule has 0 bridgehead atoms. The van der Waals surface area contributed by atoms with Crippen LogP contribution in [0.15, 0.2) is 18.2 Å². The molecule has 3 heteroatoms. The number of methoxy groups -OCH3 is 1. The molecule has 2 unspecified atom stereocenters. The van der Waals surface area contributed by atoms with E-state index in [2.05, 4.69) is 19.1 Å². The van der Waals surface area contributed by atoms with Crippen molar-refractivity contribution < 1.29 is 9.84 Å². The third-order valence-corrected chi connectivity index (χ3v) is 4.68. The van der Waals surface area contributed by atoms with Gasteiger partial charge in [0.15, 0.2) is 0 Å². The second-order valence-electron chi connectivity index (χ2n) is 5.66. The third kappa shape index (κ3) is 2.77. The summed E-state index contributed by atoms with van der Waals surface area (Å²) in [6.07, 6.45) is 4.82. The Labute approximate surface area is 115 Å². The van der Waals surface area contributed by atoms with Gasteiger partial charge in [0, 0.05) is 12.6 Å². The number of rotatable bonds is 5. The van der Waals surface area contributed by atoms with Crippen LogP contribution < -0.4 is 10.5 Å². The van der Waals surface area contributed by atoms with Crippen LogP contribution in [0.25, 0.3) is 0 Å². The molecule has 0 radical (unpaired) electrons. The average molecular weight is 263 g/mol. The van der Waals surface area contributed by atoms with Gasteiger partial charge in [-0.3, -0.25) is 0 Å². The molecule has 1 aliphatic carbocycles. The van der Waals surface area contributed by atoms with Crippen LogP contribution in [-0.4, -0.2) is 24.9 Å². The lowest BCUT2D eigenvalue weighted by molar-refractivity contribution is 0.125. The maximum Gasteiger partial charge on any atom is 0.119 e. The number of aliphatic hydroxyl groups excluding tert-OH is 1. The zero-order valence-electron chi connectivity index (χ0n) is 12.0. The molecule has 106 valence electrons. The molecule has 0 amide bonds. The lowest BCUT2D eigenvalue weighted by Gasteiger charge is -2.42. The summed E-state index contributed by atoms with van der Waals surface area (Å²) >= 11 is 0. The van der Waals surface area contributed by atoms with Crippen LogP contribution in [0.3, 0.4) is 0 Å². The van der Waals surface area contributed by atoms with Crippen molar-refractivity contribution in [3.63, 3.8) is 0 Å². The van der Waals surface area contributed by atoms with E-state index in [1.165, 1.54) is 11.1 Å². The Kier molecular flexibility index (Phi) is 4.48. The van der Waals surface area contributed by atoms with Crippen LogP contribution in [0.2, 0.25) is 0 Å². The number of aliphatic hydroxyl groups is 1. The van der Waals surface area contributed by atoms with Gasteiger partial charge in [0.25, 0.3) is 0 Å². The van der Waals surface area contributed by atoms with Gasteiger partial charge in [0.2, 0.25) is 0 Å². The third-order valence-electron chi connectivity index (χ3n) is 4.68. The molecule has 3 nitrogen and oxygen atoms in total. The first-order valence-electron chi connectivity index (χ1n) is 7.17. The standard InChI is InChI=1S/C16H25NO2/c1-3-15(17)16(8-9-18)7-6-12-4-5-14(19-2)10-13(12)11-16/h4-5,10,15,18H,3,6-9,11,17H2,1-2H3. The van der Waals surface area contributed by atoms with Crippen molar-refractivity contribution in [2.45, 2.75) is 45.1 Å². The summed E-state index contributed by atoms with van der Waals surface area (Å²) in [4.78, 5) is 0. The molecule has 0 spiro atoms. The topological polar surface area (TPSA) is 55.5 Å². The van der Waals surface area contributed by atoms with Gasteiger partial charge in [-0.1, -0.05) is 13.0 Å². The summed E-state index contributed by atoms with van der Waals surface area (Å²) in [7, 11) is 1.70. The quantitative estimate of drug-likeness (QED) is 0.857. The van der Waals surface area contributed by atoms with E-state index in [-0.39, 0.29) is 18.1 Å². The minimum atomic E-state index is 0.0445. The highest BCUT2D eigenvalue weighted by atomic mass is 16.5. The summed E-state index contributed by atoms with van der Waals surface area (Å²) in [5.41, 5.74) is 9.14. The van der Waals surface area contributed by atoms with Gasteiger partial charge in [0.05, 0.1) is 7.11 Å². The molecule has 0 saturated heterocycles. The number of hydrogen-bond acceptors (Lipinski definition) is 3. The fourth-order valence-electron chi connectivity index (χ4n) is 3.36. The molecular weight excluding hydrogens is 238 g/mol. The van der Waals surface area contributed by atoms with Crippen LogP contribution in [0.1, 0.15) is 37.3 Å². The molecule has 1 aromatic carbocycles. The summed E-state index contributed by atoms with van der Waals surface area (Å²) in [5.74, 6) is 0.906. The highest BCUT2D eigenvalue weighted by Crippen LogP contribution is 2.42. The largest absolute Gasteiger partial charge is 0.497 e. The normalized spacial score (nSPS) is 23.8. The number of ether oxygens (including phenoxy) is 1. The van der Waals surface area contributed by atoms with Gasteiger partial charge in [-0.25, -0.2) is 0 Å². The molecule has 1 aliphatic rings. The summed E-state index contributed by atoms with van der Waals surface area (Å²) in [6.45, 7) is 2.35. The second kappa shape index (κ2) is 5.93. The Hall–Kier alpha value is -1.06. The van der Waals surface area contributed by atoms with E-state index >= 15 is 0 Å². The minimum absolute atomic E-state index is 0.0445. The Bertz CT molecular complexity index is 433. The summed E-state index contributed by atoms with van der Waals surface area (Å²) in [5, 5.41) is 9.40. The van der Waals surface area contributed by atoms with Crippen molar-refractivity contribution in [3.8, 4) is 5.75 Å². The molecule has 3 N–H and O–H groups in total. The lowest BCUT2D eigenvalue weighted by atomic mass is 9.65. The van der Waals surface area contributed by atoms with Crippen LogP contribution in [0, 0.1) is 5.41 Å². The first-order valence-corrected chi connectivity index (χ1v) is 7.17. The highest BCUT2D eigenvalue weighted by Gasteiger charge is 2.38. The molecule has 0 aromatic heterocycles.